The van der Waals surface area contributed by atoms with Crippen molar-refractivity contribution in [3.63, 3.8) is 0 Å². The first kappa shape index (κ1) is 18.7. The van der Waals surface area contributed by atoms with Crippen molar-refractivity contribution in [1.29, 1.82) is 10.5 Å². The molecule has 0 spiro atoms. The van der Waals surface area contributed by atoms with Crippen LogP contribution in [0.5, 0.6) is 11.5 Å². The van der Waals surface area contributed by atoms with Gasteiger partial charge in [0.2, 0.25) is 0 Å². The topological polar surface area (TPSA) is 114 Å². The number of fused-ring (bicyclic) bond motifs is 1. The molecule has 0 atom stereocenters. The predicted molar refractivity (Wildman–Crippen MR) is 92.3 cm³/mol. The van der Waals surface area contributed by atoms with Crippen LogP contribution in [-0.2, 0) is 4.74 Å². The fraction of sp³-hybridized carbons (Fsp3) is 0.235. The fourth-order valence-corrected chi connectivity index (χ4v) is 3.42. The number of aromatic nitrogens is 1. The predicted octanol–water partition coefficient (Wildman–Crippen LogP) is 3.13. The lowest BCUT2D eigenvalue weighted by molar-refractivity contribution is -0.286. The molecule has 0 radical (unpaired) electrons. The van der Waals surface area contributed by atoms with Crippen molar-refractivity contribution in [3.05, 3.63) is 29.3 Å². The van der Waals surface area contributed by atoms with Gasteiger partial charge in [0.25, 0.3) is 0 Å². The second-order valence-electron chi connectivity index (χ2n) is 5.32. The molecule has 2 heterocycles. The summed E-state index contributed by atoms with van der Waals surface area (Å²) < 4.78 is 40.3. The molecule has 1 aliphatic rings. The first-order chi connectivity index (χ1) is 12.9. The summed E-state index contributed by atoms with van der Waals surface area (Å²) in [6, 6.07) is 7.95. The standard InChI is InChI=1S/C17H12F2N4O3S/c1-24-4-5-27-16-11(8-21)14(10(7-20)15(22)23-16)9-2-3-12-13(6-9)26-17(18,19)25-12/h2-3,6H,4-5H2,1H3,(H2,22,23). The summed E-state index contributed by atoms with van der Waals surface area (Å²) >= 11 is 1.24. The number of benzene rings is 1. The molecule has 7 nitrogen and oxygen atoms in total. The highest BCUT2D eigenvalue weighted by Gasteiger charge is 2.43. The number of thioether (sulfide) groups is 1. The Morgan fingerprint density at radius 2 is 1.93 bits per heavy atom. The number of nitrogens with zero attached hydrogens (tertiary/aromatic N) is 3. The summed E-state index contributed by atoms with van der Waals surface area (Å²) in [5, 5.41) is 19.4. The molecule has 1 aliphatic heterocycles. The molecule has 0 unspecified atom stereocenters. The monoisotopic (exact) mass is 390 g/mol. The van der Waals surface area contributed by atoms with Gasteiger partial charge in [-0.3, -0.25) is 0 Å². The maximum atomic E-state index is 13.3. The highest BCUT2D eigenvalue weighted by atomic mass is 32.2. The number of nitrogens with two attached hydrogens (primary N) is 1. The molecule has 2 N–H and O–H groups in total. The van der Waals surface area contributed by atoms with E-state index in [4.69, 9.17) is 10.5 Å². The number of alkyl halides is 2. The largest absolute Gasteiger partial charge is 0.586 e. The van der Waals surface area contributed by atoms with Crippen molar-refractivity contribution in [2.24, 2.45) is 0 Å². The van der Waals surface area contributed by atoms with Crippen LogP contribution in [0.15, 0.2) is 23.2 Å². The Labute approximate surface area is 157 Å². The van der Waals surface area contributed by atoms with E-state index in [9.17, 15) is 19.3 Å². The number of hydrogen-bond acceptors (Lipinski definition) is 8. The van der Waals surface area contributed by atoms with Gasteiger partial charge in [0.05, 0.1) is 12.2 Å². The maximum absolute atomic E-state index is 13.3. The molecule has 0 fully saturated rings. The van der Waals surface area contributed by atoms with E-state index >= 15 is 0 Å². The number of methoxy groups -OCH3 is 1. The average molecular weight is 390 g/mol. The van der Waals surface area contributed by atoms with E-state index < -0.39 is 6.29 Å². The highest BCUT2D eigenvalue weighted by Crippen LogP contribution is 2.44. The second kappa shape index (κ2) is 7.27. The SMILES string of the molecule is COCCSc1nc(N)c(C#N)c(-c2ccc3c(c2)OC(F)(F)O3)c1C#N. The molecule has 1 aromatic carbocycles. The quantitative estimate of drug-likeness (QED) is 0.612. The van der Waals surface area contributed by atoms with Crippen molar-refractivity contribution in [1.82, 2.24) is 4.98 Å². The summed E-state index contributed by atoms with van der Waals surface area (Å²) in [5.74, 6) is 0.109. The summed E-state index contributed by atoms with van der Waals surface area (Å²) in [6.07, 6.45) is -3.77. The lowest BCUT2D eigenvalue weighted by Crippen LogP contribution is -2.25. The van der Waals surface area contributed by atoms with Gasteiger partial charge in [-0.25, -0.2) is 4.98 Å². The zero-order valence-corrected chi connectivity index (χ0v) is 14.8. The van der Waals surface area contributed by atoms with Crippen LogP contribution < -0.4 is 15.2 Å². The maximum Gasteiger partial charge on any atom is 0.586 e. The Morgan fingerprint density at radius 1 is 1.22 bits per heavy atom. The lowest BCUT2D eigenvalue weighted by atomic mass is 9.96. The molecule has 0 amide bonds. The van der Waals surface area contributed by atoms with Gasteiger partial charge in [0.15, 0.2) is 11.5 Å². The lowest BCUT2D eigenvalue weighted by Gasteiger charge is -2.13. The molecule has 1 aromatic heterocycles. The molecule has 2 aromatic rings. The molecular weight excluding hydrogens is 378 g/mol. The number of pyridine rings is 1. The Morgan fingerprint density at radius 3 is 2.59 bits per heavy atom. The number of halogens is 2. The van der Waals surface area contributed by atoms with Crippen molar-refractivity contribution < 1.29 is 23.0 Å². The van der Waals surface area contributed by atoms with E-state index in [1.807, 2.05) is 12.1 Å². The molecule has 0 saturated carbocycles. The smallest absolute Gasteiger partial charge is 0.395 e. The Balaban J connectivity index is 2.15. The van der Waals surface area contributed by atoms with Crippen molar-refractivity contribution in [2.45, 2.75) is 11.3 Å². The minimum absolute atomic E-state index is 0.0201. The molecule has 0 saturated heterocycles. The molecule has 3 rings (SSSR count). The third kappa shape index (κ3) is 3.58. The molecule has 138 valence electrons. The Kier molecular flexibility index (Phi) is 5.04. The summed E-state index contributed by atoms with van der Waals surface area (Å²) in [5.41, 5.74) is 6.50. The van der Waals surface area contributed by atoms with Gasteiger partial charge in [0.1, 0.15) is 28.5 Å². The zero-order valence-electron chi connectivity index (χ0n) is 14.0. The van der Waals surface area contributed by atoms with Gasteiger partial charge < -0.3 is 19.9 Å². The molecule has 0 aliphatic carbocycles. The number of anilines is 1. The van der Waals surface area contributed by atoms with Gasteiger partial charge in [-0.15, -0.1) is 20.5 Å². The number of nitriles is 2. The first-order valence-corrected chi connectivity index (χ1v) is 8.54. The number of ether oxygens (including phenoxy) is 3. The summed E-state index contributed by atoms with van der Waals surface area (Å²) in [4.78, 5) is 4.13. The molecular formula is C17H12F2N4O3S. The van der Waals surface area contributed by atoms with Crippen LogP contribution >= 0.6 is 11.8 Å². The Hall–Kier alpha value is -3.08. The second-order valence-corrected chi connectivity index (χ2v) is 6.40. The van der Waals surface area contributed by atoms with Gasteiger partial charge >= 0.3 is 6.29 Å². The van der Waals surface area contributed by atoms with Gasteiger partial charge in [0, 0.05) is 18.4 Å². The van der Waals surface area contributed by atoms with E-state index in [-0.39, 0.29) is 34.0 Å². The van der Waals surface area contributed by atoms with Crippen LogP contribution in [0.1, 0.15) is 11.1 Å². The van der Waals surface area contributed by atoms with E-state index in [0.29, 0.717) is 22.9 Å². The minimum atomic E-state index is -3.77. The molecule has 27 heavy (non-hydrogen) atoms. The normalized spacial score (nSPS) is 13.8. The van der Waals surface area contributed by atoms with Crippen LogP contribution in [0.2, 0.25) is 0 Å². The number of hydrogen-bond donors (Lipinski definition) is 1. The third-order valence-electron chi connectivity index (χ3n) is 3.63. The Bertz CT molecular complexity index is 986. The fourth-order valence-electron chi connectivity index (χ4n) is 2.52. The zero-order chi connectivity index (χ0) is 19.6. The van der Waals surface area contributed by atoms with Crippen molar-refractivity contribution >= 4 is 17.6 Å². The van der Waals surface area contributed by atoms with Crippen LogP contribution in [0.3, 0.4) is 0 Å². The van der Waals surface area contributed by atoms with Crippen molar-refractivity contribution in [3.8, 4) is 34.8 Å². The van der Waals surface area contributed by atoms with Gasteiger partial charge in [-0.1, -0.05) is 6.07 Å². The number of rotatable bonds is 5. The van der Waals surface area contributed by atoms with E-state index in [0.717, 1.165) is 0 Å². The number of nitrogen functional groups attached to an aromatic ring is 1. The van der Waals surface area contributed by atoms with E-state index in [1.54, 1.807) is 7.11 Å². The molecule has 0 bridgehead atoms. The average Bonchev–Trinajstić information content (AvgIpc) is 2.94. The highest BCUT2D eigenvalue weighted by molar-refractivity contribution is 7.99. The van der Waals surface area contributed by atoms with Crippen LogP contribution in [0.25, 0.3) is 11.1 Å². The van der Waals surface area contributed by atoms with Crippen LogP contribution in [0, 0.1) is 22.7 Å². The summed E-state index contributed by atoms with van der Waals surface area (Å²) in [6.45, 7) is 0.422. The first-order valence-electron chi connectivity index (χ1n) is 7.56. The van der Waals surface area contributed by atoms with Gasteiger partial charge in [-0.05, 0) is 17.7 Å². The van der Waals surface area contributed by atoms with E-state index in [2.05, 4.69) is 14.5 Å². The minimum Gasteiger partial charge on any atom is -0.395 e. The molecule has 10 heteroatoms. The summed E-state index contributed by atoms with van der Waals surface area (Å²) in [7, 11) is 1.54. The third-order valence-corrected chi connectivity index (χ3v) is 4.57. The van der Waals surface area contributed by atoms with Crippen LogP contribution in [0.4, 0.5) is 14.6 Å². The van der Waals surface area contributed by atoms with Crippen LogP contribution in [-0.4, -0.2) is 30.7 Å². The van der Waals surface area contributed by atoms with E-state index in [1.165, 1.54) is 30.0 Å². The van der Waals surface area contributed by atoms with Crippen molar-refractivity contribution in [2.75, 3.05) is 25.2 Å². The van der Waals surface area contributed by atoms with Gasteiger partial charge in [-0.2, -0.15) is 10.5 Å².